The van der Waals surface area contributed by atoms with Gasteiger partial charge in [0.25, 0.3) is 0 Å². The Morgan fingerprint density at radius 1 is 1.50 bits per heavy atom. The highest BCUT2D eigenvalue weighted by molar-refractivity contribution is 6.74. The van der Waals surface area contributed by atoms with Gasteiger partial charge in [0.05, 0.1) is 12.7 Å². The molecule has 1 saturated heterocycles. The molecule has 82 valence electrons. The first-order chi connectivity index (χ1) is 6.28. The molecule has 0 spiro atoms. The second kappa shape index (κ2) is 3.80. The number of hydrogen-bond acceptors (Lipinski definition) is 2. The van der Waals surface area contributed by atoms with E-state index < -0.39 is 8.32 Å². The summed E-state index contributed by atoms with van der Waals surface area (Å²) in [6.07, 6.45) is 2.23. The van der Waals surface area contributed by atoms with Crippen molar-refractivity contribution in [2.45, 2.75) is 51.1 Å². The van der Waals surface area contributed by atoms with Crippen molar-refractivity contribution in [1.82, 2.24) is 0 Å². The van der Waals surface area contributed by atoms with Crippen molar-refractivity contribution in [2.75, 3.05) is 6.61 Å². The van der Waals surface area contributed by atoms with E-state index in [0.29, 0.717) is 0 Å². The average molecular weight is 214 g/mol. The predicted molar refractivity (Wildman–Crippen MR) is 62.0 cm³/mol. The van der Waals surface area contributed by atoms with E-state index in [4.69, 9.17) is 9.16 Å². The quantitative estimate of drug-likeness (QED) is 0.408. The molecule has 0 amide bonds. The van der Waals surface area contributed by atoms with Gasteiger partial charge in [-0.05, 0) is 18.1 Å². The lowest BCUT2D eigenvalue weighted by Gasteiger charge is -2.38. The molecule has 0 aromatic heterocycles. The van der Waals surface area contributed by atoms with Crippen molar-refractivity contribution in [3.63, 3.8) is 0 Å². The molecule has 14 heavy (non-hydrogen) atoms. The molecule has 1 fully saturated rings. The maximum atomic E-state index is 6.17. The first kappa shape index (κ1) is 11.9. The Bertz CT molecular complexity index is 214. The predicted octanol–water partition coefficient (Wildman–Crippen LogP) is 2.96. The van der Waals surface area contributed by atoms with E-state index in [1.165, 1.54) is 0 Å². The molecule has 0 aromatic carbocycles. The fourth-order valence-corrected chi connectivity index (χ4v) is 2.32. The van der Waals surface area contributed by atoms with E-state index in [1.54, 1.807) is 0 Å². The highest BCUT2D eigenvalue weighted by Gasteiger charge is 2.42. The molecule has 1 aliphatic rings. The summed E-state index contributed by atoms with van der Waals surface area (Å²) in [6, 6.07) is 0. The monoisotopic (exact) mass is 214 g/mol. The average Bonchev–Trinajstić information content (AvgIpc) is 2.80. The number of ether oxygens (including phenoxy) is 1. The Hall–Kier alpha value is -0.123. The van der Waals surface area contributed by atoms with Gasteiger partial charge < -0.3 is 9.16 Å². The van der Waals surface area contributed by atoms with Crippen molar-refractivity contribution >= 4 is 8.32 Å². The van der Waals surface area contributed by atoms with E-state index in [-0.39, 0.29) is 17.2 Å². The van der Waals surface area contributed by atoms with Crippen LogP contribution in [0.2, 0.25) is 18.1 Å². The van der Waals surface area contributed by atoms with E-state index in [9.17, 15) is 0 Å². The van der Waals surface area contributed by atoms with E-state index in [2.05, 4.69) is 40.4 Å². The lowest BCUT2D eigenvalue weighted by Crippen LogP contribution is -2.44. The second-order valence-corrected chi connectivity index (χ2v) is 10.2. The molecule has 3 heteroatoms. The van der Waals surface area contributed by atoms with Gasteiger partial charge in [0, 0.05) is 0 Å². The van der Waals surface area contributed by atoms with E-state index in [0.717, 1.165) is 6.61 Å². The largest absolute Gasteiger partial charge is 0.408 e. The van der Waals surface area contributed by atoms with Crippen LogP contribution >= 0.6 is 0 Å². The van der Waals surface area contributed by atoms with Crippen LogP contribution in [0.3, 0.4) is 0 Å². The van der Waals surface area contributed by atoms with Crippen molar-refractivity contribution in [3.05, 3.63) is 12.7 Å². The molecule has 1 aliphatic heterocycles. The summed E-state index contributed by atoms with van der Waals surface area (Å²) in [5.74, 6) is 0. The van der Waals surface area contributed by atoms with Crippen LogP contribution in [-0.2, 0) is 9.16 Å². The van der Waals surface area contributed by atoms with Crippen LogP contribution < -0.4 is 0 Å². The van der Waals surface area contributed by atoms with Crippen LogP contribution in [0.15, 0.2) is 12.7 Å². The highest BCUT2D eigenvalue weighted by Crippen LogP contribution is 2.38. The Kier molecular flexibility index (Phi) is 3.24. The van der Waals surface area contributed by atoms with Gasteiger partial charge in [-0.3, -0.25) is 0 Å². The first-order valence-electron chi connectivity index (χ1n) is 5.20. The molecule has 2 unspecified atom stereocenters. The fourth-order valence-electron chi connectivity index (χ4n) is 1.04. The summed E-state index contributed by atoms with van der Waals surface area (Å²) < 4.78 is 11.4. The van der Waals surface area contributed by atoms with Crippen LogP contribution in [0, 0.1) is 0 Å². The molecule has 0 aromatic rings. The zero-order valence-electron chi connectivity index (χ0n) is 9.96. The molecule has 2 nitrogen and oxygen atoms in total. The van der Waals surface area contributed by atoms with Gasteiger partial charge in [-0.1, -0.05) is 26.8 Å². The fraction of sp³-hybridized carbons (Fsp3) is 0.818. The minimum absolute atomic E-state index is 0.0934. The van der Waals surface area contributed by atoms with Crippen LogP contribution in [0.1, 0.15) is 20.8 Å². The zero-order chi connectivity index (χ0) is 11.0. The lowest BCUT2D eigenvalue weighted by atomic mass is 10.2. The molecule has 0 aliphatic carbocycles. The number of rotatable bonds is 4. The third kappa shape index (κ3) is 2.68. The highest BCUT2D eigenvalue weighted by atomic mass is 28.4. The lowest BCUT2D eigenvalue weighted by molar-refractivity contribution is 0.183. The van der Waals surface area contributed by atoms with Gasteiger partial charge in [0.1, 0.15) is 6.10 Å². The topological polar surface area (TPSA) is 21.8 Å². The molecule has 0 N–H and O–H groups in total. The van der Waals surface area contributed by atoms with Crippen molar-refractivity contribution in [2.24, 2.45) is 0 Å². The zero-order valence-corrected chi connectivity index (χ0v) is 11.0. The molecular formula is C11H22O2Si. The molecule has 0 bridgehead atoms. The van der Waals surface area contributed by atoms with Crippen molar-refractivity contribution in [1.29, 1.82) is 0 Å². The molecule has 2 atom stereocenters. The van der Waals surface area contributed by atoms with E-state index >= 15 is 0 Å². The van der Waals surface area contributed by atoms with Crippen LogP contribution in [0.25, 0.3) is 0 Å². The Balaban J connectivity index is 2.60. The van der Waals surface area contributed by atoms with Gasteiger partial charge in [-0.15, -0.1) is 6.58 Å². The normalized spacial score (nSPS) is 24.5. The maximum absolute atomic E-state index is 6.17. The minimum Gasteiger partial charge on any atom is -0.408 e. The summed E-state index contributed by atoms with van der Waals surface area (Å²) in [7, 11) is -1.66. The van der Waals surface area contributed by atoms with Gasteiger partial charge >= 0.3 is 0 Å². The summed E-state index contributed by atoms with van der Waals surface area (Å²) in [5.41, 5.74) is 0. The Morgan fingerprint density at radius 3 is 2.29 bits per heavy atom. The van der Waals surface area contributed by atoms with Gasteiger partial charge in [-0.25, -0.2) is 0 Å². The Labute approximate surface area is 88.4 Å². The van der Waals surface area contributed by atoms with Crippen LogP contribution in [0.5, 0.6) is 0 Å². The van der Waals surface area contributed by atoms with E-state index in [1.807, 2.05) is 6.08 Å². The number of hydrogen-bond donors (Lipinski definition) is 0. The van der Waals surface area contributed by atoms with Crippen molar-refractivity contribution < 1.29 is 9.16 Å². The summed E-state index contributed by atoms with van der Waals surface area (Å²) in [4.78, 5) is 0. The minimum atomic E-state index is -1.66. The maximum Gasteiger partial charge on any atom is 0.193 e. The summed E-state index contributed by atoms with van der Waals surface area (Å²) in [5, 5.41) is 0.253. The van der Waals surface area contributed by atoms with Gasteiger partial charge in [0.2, 0.25) is 0 Å². The first-order valence-corrected chi connectivity index (χ1v) is 8.11. The molecular weight excluding hydrogens is 192 g/mol. The summed E-state index contributed by atoms with van der Waals surface area (Å²) in [6.45, 7) is 15.9. The molecule has 1 heterocycles. The standard InChI is InChI=1S/C11H22O2Si/c1-7-9(10-8-12-10)13-14(5,6)11(2,3)4/h7,9-10H,1,8H2,2-6H3. The molecule has 0 saturated carbocycles. The molecule has 1 rings (SSSR count). The van der Waals surface area contributed by atoms with Crippen LogP contribution in [0.4, 0.5) is 0 Å². The Morgan fingerprint density at radius 2 is 2.00 bits per heavy atom. The SMILES string of the molecule is C=CC(O[Si](C)(C)C(C)(C)C)C1CO1. The second-order valence-electron chi connectivity index (χ2n) is 5.45. The third-order valence-electron chi connectivity index (χ3n) is 3.19. The van der Waals surface area contributed by atoms with Gasteiger partial charge in [0.15, 0.2) is 8.32 Å². The smallest absolute Gasteiger partial charge is 0.193 e. The van der Waals surface area contributed by atoms with Gasteiger partial charge in [-0.2, -0.15) is 0 Å². The molecule has 0 radical (unpaired) electrons. The third-order valence-corrected chi connectivity index (χ3v) is 7.67. The summed E-state index contributed by atoms with van der Waals surface area (Å²) >= 11 is 0. The van der Waals surface area contributed by atoms with Crippen molar-refractivity contribution in [3.8, 4) is 0 Å². The number of epoxide rings is 1. The van der Waals surface area contributed by atoms with Crippen LogP contribution in [-0.4, -0.2) is 27.1 Å².